The number of carbonyl (C=O) groups is 2. The Balaban J connectivity index is 2.05. The number of amides is 1. The molecule has 1 heterocycles. The van der Waals surface area contributed by atoms with Crippen LogP contribution in [0, 0.1) is 0 Å². The Bertz CT molecular complexity index is 421. The van der Waals surface area contributed by atoms with Crippen molar-refractivity contribution in [1.29, 1.82) is 0 Å². The van der Waals surface area contributed by atoms with Gasteiger partial charge in [0.05, 0.1) is 11.1 Å². The van der Waals surface area contributed by atoms with Gasteiger partial charge in [0.2, 0.25) is 5.91 Å². The van der Waals surface area contributed by atoms with Crippen molar-refractivity contribution < 1.29 is 14.7 Å². The van der Waals surface area contributed by atoms with Crippen LogP contribution in [-0.4, -0.2) is 39.6 Å². The minimum atomic E-state index is -0.959. The Morgan fingerprint density at radius 2 is 2.12 bits per heavy atom. The molecule has 0 saturated carbocycles. The van der Waals surface area contributed by atoms with Gasteiger partial charge in [-0.1, -0.05) is 30.3 Å². The van der Waals surface area contributed by atoms with Gasteiger partial charge in [0, 0.05) is 6.42 Å². The molecular formula is C12H13NO3S. The minimum Gasteiger partial charge on any atom is -0.480 e. The highest BCUT2D eigenvalue weighted by Crippen LogP contribution is 2.27. The van der Waals surface area contributed by atoms with E-state index in [1.54, 1.807) is 0 Å². The average Bonchev–Trinajstić information content (AvgIpc) is 2.62. The number of carboxylic acid groups (broad SMARTS) is 1. The third-order valence-corrected chi connectivity index (χ3v) is 3.85. The number of hydrogen-bond acceptors (Lipinski definition) is 3. The zero-order valence-electron chi connectivity index (χ0n) is 9.20. The second-order valence-corrected chi connectivity index (χ2v) is 5.04. The van der Waals surface area contributed by atoms with Gasteiger partial charge in [0.1, 0.15) is 6.54 Å². The molecule has 0 aromatic heterocycles. The zero-order valence-corrected chi connectivity index (χ0v) is 10.0. The van der Waals surface area contributed by atoms with Gasteiger partial charge < -0.3 is 10.0 Å². The largest absolute Gasteiger partial charge is 0.480 e. The van der Waals surface area contributed by atoms with Crippen LogP contribution in [0.3, 0.4) is 0 Å². The van der Waals surface area contributed by atoms with Crippen molar-refractivity contribution in [2.24, 2.45) is 0 Å². The maximum Gasteiger partial charge on any atom is 0.323 e. The lowest BCUT2D eigenvalue weighted by Crippen LogP contribution is -2.38. The lowest BCUT2D eigenvalue weighted by atomic mass is 10.1. The Morgan fingerprint density at radius 3 is 2.76 bits per heavy atom. The van der Waals surface area contributed by atoms with Gasteiger partial charge in [-0.2, -0.15) is 0 Å². The van der Waals surface area contributed by atoms with Crippen molar-refractivity contribution in [3.05, 3.63) is 35.9 Å². The van der Waals surface area contributed by atoms with Gasteiger partial charge in [-0.15, -0.1) is 11.8 Å². The van der Waals surface area contributed by atoms with Gasteiger partial charge in [0.25, 0.3) is 0 Å². The number of rotatable bonds is 4. The molecule has 1 fully saturated rings. The molecule has 1 saturated heterocycles. The van der Waals surface area contributed by atoms with Crippen LogP contribution in [0.1, 0.15) is 5.56 Å². The number of hydrogen-bond donors (Lipinski definition) is 1. The average molecular weight is 251 g/mol. The van der Waals surface area contributed by atoms with Gasteiger partial charge in [-0.3, -0.25) is 9.59 Å². The third kappa shape index (κ3) is 3.00. The second-order valence-electron chi connectivity index (χ2n) is 3.87. The molecule has 5 heteroatoms. The molecule has 2 rings (SSSR count). The number of aliphatic carboxylic acids is 1. The van der Waals surface area contributed by atoms with Gasteiger partial charge in [-0.25, -0.2) is 0 Å². The van der Waals surface area contributed by atoms with E-state index in [-0.39, 0.29) is 17.8 Å². The lowest BCUT2D eigenvalue weighted by Gasteiger charge is -2.21. The predicted molar refractivity (Wildman–Crippen MR) is 65.7 cm³/mol. The normalized spacial score (nSPS) is 19.6. The van der Waals surface area contributed by atoms with Crippen LogP contribution in [-0.2, 0) is 16.0 Å². The van der Waals surface area contributed by atoms with E-state index < -0.39 is 5.97 Å². The maximum atomic E-state index is 11.6. The topological polar surface area (TPSA) is 57.6 Å². The summed E-state index contributed by atoms with van der Waals surface area (Å²) in [5.74, 6) is -0.664. The Morgan fingerprint density at radius 1 is 1.41 bits per heavy atom. The van der Waals surface area contributed by atoms with Crippen molar-refractivity contribution in [3.63, 3.8) is 0 Å². The molecule has 1 aliphatic heterocycles. The molecule has 1 amide bonds. The molecule has 17 heavy (non-hydrogen) atoms. The fourth-order valence-electron chi connectivity index (χ4n) is 1.82. The van der Waals surface area contributed by atoms with E-state index in [2.05, 4.69) is 0 Å². The first-order valence-electron chi connectivity index (χ1n) is 5.33. The van der Waals surface area contributed by atoms with E-state index in [1.165, 1.54) is 16.7 Å². The number of benzene rings is 1. The predicted octanol–water partition coefficient (Wildman–Crippen LogP) is 1.22. The molecule has 1 atom stereocenters. The van der Waals surface area contributed by atoms with E-state index in [0.29, 0.717) is 12.2 Å². The third-order valence-electron chi connectivity index (χ3n) is 2.63. The quantitative estimate of drug-likeness (QED) is 0.874. The molecule has 1 aromatic rings. The van der Waals surface area contributed by atoms with E-state index in [9.17, 15) is 9.59 Å². The lowest BCUT2D eigenvalue weighted by molar-refractivity contribution is -0.143. The van der Waals surface area contributed by atoms with Crippen molar-refractivity contribution in [3.8, 4) is 0 Å². The van der Waals surface area contributed by atoms with Crippen LogP contribution in [0.4, 0.5) is 0 Å². The summed E-state index contributed by atoms with van der Waals surface area (Å²) in [6, 6.07) is 9.80. The minimum absolute atomic E-state index is 0.0546. The van der Waals surface area contributed by atoms with Crippen molar-refractivity contribution in [1.82, 2.24) is 4.90 Å². The first kappa shape index (κ1) is 12.0. The van der Waals surface area contributed by atoms with Crippen LogP contribution in [0.15, 0.2) is 30.3 Å². The van der Waals surface area contributed by atoms with E-state index >= 15 is 0 Å². The van der Waals surface area contributed by atoms with Gasteiger partial charge in [0.15, 0.2) is 0 Å². The molecule has 0 radical (unpaired) electrons. The highest BCUT2D eigenvalue weighted by atomic mass is 32.2. The van der Waals surface area contributed by atoms with Crippen LogP contribution >= 0.6 is 11.8 Å². The van der Waals surface area contributed by atoms with E-state index in [0.717, 1.165) is 5.56 Å². The molecule has 1 N–H and O–H groups in total. The first-order valence-corrected chi connectivity index (χ1v) is 6.38. The van der Waals surface area contributed by atoms with Crippen LogP contribution in [0.2, 0.25) is 0 Å². The van der Waals surface area contributed by atoms with E-state index in [1.807, 2.05) is 30.3 Å². The van der Waals surface area contributed by atoms with Crippen molar-refractivity contribution in [2.75, 3.05) is 12.3 Å². The molecule has 90 valence electrons. The molecule has 4 nitrogen and oxygen atoms in total. The molecule has 0 spiro atoms. The zero-order chi connectivity index (χ0) is 12.3. The SMILES string of the molecule is O=C(O)CN1C(=O)CSC1Cc1ccccc1. The van der Waals surface area contributed by atoms with Crippen LogP contribution in [0.5, 0.6) is 0 Å². The summed E-state index contributed by atoms with van der Waals surface area (Å²) in [4.78, 5) is 23.7. The number of nitrogens with zero attached hydrogens (tertiary/aromatic N) is 1. The highest BCUT2D eigenvalue weighted by Gasteiger charge is 2.32. The van der Waals surface area contributed by atoms with E-state index in [4.69, 9.17) is 5.11 Å². The standard InChI is InChI=1S/C12H13NO3S/c14-10-8-17-11(13(10)7-12(15)16)6-9-4-2-1-3-5-9/h1-5,11H,6-8H2,(H,15,16). The molecule has 1 unspecified atom stereocenters. The summed E-state index contributed by atoms with van der Waals surface area (Å²) in [6.45, 7) is -0.205. The molecule has 0 aliphatic carbocycles. The van der Waals surface area contributed by atoms with Gasteiger partial charge >= 0.3 is 5.97 Å². The van der Waals surface area contributed by atoms with Crippen LogP contribution in [0.25, 0.3) is 0 Å². The Kier molecular flexibility index (Phi) is 3.68. The summed E-state index contributed by atoms with van der Waals surface area (Å²) < 4.78 is 0. The van der Waals surface area contributed by atoms with Crippen LogP contribution < -0.4 is 0 Å². The summed E-state index contributed by atoms with van der Waals surface area (Å²) in [7, 11) is 0. The highest BCUT2D eigenvalue weighted by molar-refractivity contribution is 8.01. The Hall–Kier alpha value is -1.49. The Labute approximate surface area is 104 Å². The maximum absolute atomic E-state index is 11.6. The number of thioether (sulfide) groups is 1. The fraction of sp³-hybridized carbons (Fsp3) is 0.333. The summed E-state index contributed by atoms with van der Waals surface area (Å²) in [5.41, 5.74) is 1.12. The van der Waals surface area contributed by atoms with Crippen molar-refractivity contribution >= 4 is 23.6 Å². The van der Waals surface area contributed by atoms with Crippen molar-refractivity contribution in [2.45, 2.75) is 11.8 Å². The molecule has 1 aliphatic rings. The smallest absolute Gasteiger partial charge is 0.323 e. The molecule has 0 bridgehead atoms. The number of carboxylic acids is 1. The summed E-state index contributed by atoms with van der Waals surface area (Å²) >= 11 is 1.51. The first-order chi connectivity index (χ1) is 8.16. The second kappa shape index (κ2) is 5.23. The summed E-state index contributed by atoms with van der Waals surface area (Å²) in [6.07, 6.45) is 0.699. The fourth-order valence-corrected chi connectivity index (χ4v) is 3.00. The van der Waals surface area contributed by atoms with Gasteiger partial charge in [-0.05, 0) is 5.56 Å². The molecular weight excluding hydrogens is 238 g/mol. The summed E-state index contributed by atoms with van der Waals surface area (Å²) in [5, 5.41) is 8.72. The number of carbonyl (C=O) groups excluding carboxylic acids is 1. The monoisotopic (exact) mass is 251 g/mol. The molecule has 1 aromatic carbocycles.